The van der Waals surface area contributed by atoms with E-state index >= 15 is 0 Å². The average Bonchev–Trinajstić information content (AvgIpc) is 2.90. The molecule has 0 fully saturated rings. The van der Waals surface area contributed by atoms with Crippen LogP contribution in [0, 0.1) is 5.82 Å². The number of urea groups is 1. The third kappa shape index (κ3) is 3.17. The van der Waals surface area contributed by atoms with E-state index in [9.17, 15) is 9.18 Å². The molecule has 2 aromatic carbocycles. The van der Waals surface area contributed by atoms with Crippen LogP contribution >= 0.6 is 11.3 Å². The molecule has 0 saturated heterocycles. The second-order valence-corrected chi connectivity index (χ2v) is 5.48. The molecule has 0 aliphatic heterocycles. The van der Waals surface area contributed by atoms with Crippen LogP contribution in [0.4, 0.5) is 14.9 Å². The number of benzene rings is 2. The van der Waals surface area contributed by atoms with Crippen molar-refractivity contribution in [1.82, 2.24) is 10.3 Å². The van der Waals surface area contributed by atoms with Crippen molar-refractivity contribution in [2.75, 3.05) is 5.32 Å². The Labute approximate surface area is 124 Å². The number of nitrogens with one attached hydrogen (secondary N) is 2. The quantitative estimate of drug-likeness (QED) is 0.774. The van der Waals surface area contributed by atoms with Crippen molar-refractivity contribution >= 4 is 33.3 Å². The number of carbonyl (C=O) groups excluding carboxylic acids is 1. The Morgan fingerprint density at radius 1 is 1.14 bits per heavy atom. The predicted octanol–water partition coefficient (Wildman–Crippen LogP) is 3.76. The van der Waals surface area contributed by atoms with Crippen LogP contribution in [-0.2, 0) is 6.54 Å². The first-order chi connectivity index (χ1) is 10.2. The van der Waals surface area contributed by atoms with Gasteiger partial charge < -0.3 is 10.6 Å². The topological polar surface area (TPSA) is 54.0 Å². The summed E-state index contributed by atoms with van der Waals surface area (Å²) in [6, 6.07) is 13.3. The zero-order valence-corrected chi connectivity index (χ0v) is 11.8. The molecule has 1 heterocycles. The van der Waals surface area contributed by atoms with Crippen LogP contribution in [0.15, 0.2) is 48.5 Å². The number of aromatic nitrogens is 1. The number of hydrogen-bond donors (Lipinski definition) is 2. The van der Waals surface area contributed by atoms with E-state index in [1.54, 1.807) is 12.1 Å². The first kappa shape index (κ1) is 13.5. The van der Waals surface area contributed by atoms with Crippen LogP contribution in [0.25, 0.3) is 10.2 Å². The Morgan fingerprint density at radius 3 is 2.71 bits per heavy atom. The minimum absolute atomic E-state index is 0.152. The van der Waals surface area contributed by atoms with E-state index in [1.165, 1.54) is 23.5 Å². The number of rotatable bonds is 3. The van der Waals surface area contributed by atoms with Crippen LogP contribution in [0.3, 0.4) is 0 Å². The first-order valence-corrected chi connectivity index (χ1v) is 7.18. The third-order valence-corrected chi connectivity index (χ3v) is 3.90. The summed E-state index contributed by atoms with van der Waals surface area (Å²) in [6.07, 6.45) is 0. The van der Waals surface area contributed by atoms with E-state index in [4.69, 9.17) is 0 Å². The molecule has 6 heteroatoms. The number of halogens is 1. The monoisotopic (exact) mass is 301 g/mol. The van der Waals surface area contributed by atoms with Gasteiger partial charge in [-0.1, -0.05) is 24.3 Å². The van der Waals surface area contributed by atoms with E-state index in [1.807, 2.05) is 24.3 Å². The lowest BCUT2D eigenvalue weighted by Gasteiger charge is -2.06. The fraction of sp³-hybridized carbons (Fsp3) is 0.0667. The van der Waals surface area contributed by atoms with Gasteiger partial charge in [-0.3, -0.25) is 0 Å². The SMILES string of the molecule is O=C(NCc1nc2ccccc2s1)Nc1ccccc1F. The lowest BCUT2D eigenvalue weighted by atomic mass is 10.3. The minimum Gasteiger partial charge on any atom is -0.331 e. The van der Waals surface area contributed by atoms with E-state index < -0.39 is 11.8 Å². The zero-order chi connectivity index (χ0) is 14.7. The fourth-order valence-electron chi connectivity index (χ4n) is 1.88. The molecule has 0 radical (unpaired) electrons. The molecule has 0 atom stereocenters. The Bertz CT molecular complexity index is 754. The second-order valence-electron chi connectivity index (χ2n) is 4.36. The molecule has 0 unspecified atom stereocenters. The Hall–Kier alpha value is -2.47. The molecule has 106 valence electrons. The maximum atomic E-state index is 13.4. The van der Waals surface area contributed by atoms with Crippen LogP contribution in [0.1, 0.15) is 5.01 Å². The van der Waals surface area contributed by atoms with Gasteiger partial charge in [0.15, 0.2) is 0 Å². The Balaban J connectivity index is 1.62. The number of thiazole rings is 1. The molecule has 0 aliphatic carbocycles. The van der Waals surface area contributed by atoms with Gasteiger partial charge in [-0.15, -0.1) is 11.3 Å². The van der Waals surface area contributed by atoms with Crippen LogP contribution in [0.5, 0.6) is 0 Å². The number of amides is 2. The summed E-state index contributed by atoms with van der Waals surface area (Å²) in [7, 11) is 0. The fourth-order valence-corrected chi connectivity index (χ4v) is 2.79. The lowest BCUT2D eigenvalue weighted by molar-refractivity contribution is 0.251. The zero-order valence-electron chi connectivity index (χ0n) is 11.0. The standard InChI is InChI=1S/C15H12FN3OS/c16-10-5-1-2-6-11(10)19-15(20)17-9-14-18-12-7-3-4-8-13(12)21-14/h1-8H,9H2,(H2,17,19,20). The summed E-state index contributed by atoms with van der Waals surface area (Å²) in [5.74, 6) is -0.465. The van der Waals surface area contributed by atoms with Crippen molar-refractivity contribution < 1.29 is 9.18 Å². The Morgan fingerprint density at radius 2 is 1.90 bits per heavy atom. The lowest BCUT2D eigenvalue weighted by Crippen LogP contribution is -2.28. The van der Waals surface area contributed by atoms with Crippen molar-refractivity contribution in [2.24, 2.45) is 0 Å². The Kier molecular flexibility index (Phi) is 3.79. The first-order valence-electron chi connectivity index (χ1n) is 6.36. The molecule has 1 aromatic heterocycles. The molecule has 0 bridgehead atoms. The summed E-state index contributed by atoms with van der Waals surface area (Å²) in [5, 5.41) is 5.94. The highest BCUT2D eigenvalue weighted by molar-refractivity contribution is 7.18. The van der Waals surface area contributed by atoms with Crippen LogP contribution in [0.2, 0.25) is 0 Å². The smallest absolute Gasteiger partial charge is 0.319 e. The molecule has 3 rings (SSSR count). The summed E-state index contributed by atoms with van der Waals surface area (Å²) < 4.78 is 14.5. The predicted molar refractivity (Wildman–Crippen MR) is 81.9 cm³/mol. The number of fused-ring (bicyclic) bond motifs is 1. The van der Waals surface area contributed by atoms with Gasteiger partial charge in [0.05, 0.1) is 22.4 Å². The molecule has 0 saturated carbocycles. The molecule has 0 aliphatic rings. The molecule has 2 amide bonds. The number of anilines is 1. The molecule has 21 heavy (non-hydrogen) atoms. The summed E-state index contributed by atoms with van der Waals surface area (Å²) in [4.78, 5) is 16.2. The molecule has 0 spiro atoms. The summed E-state index contributed by atoms with van der Waals surface area (Å²) >= 11 is 1.52. The van der Waals surface area contributed by atoms with Crippen molar-refractivity contribution in [2.45, 2.75) is 6.54 Å². The van der Waals surface area contributed by atoms with Gasteiger partial charge in [-0.25, -0.2) is 14.2 Å². The highest BCUT2D eigenvalue weighted by atomic mass is 32.1. The van der Waals surface area contributed by atoms with Crippen molar-refractivity contribution in [3.05, 3.63) is 59.4 Å². The normalized spacial score (nSPS) is 10.5. The summed E-state index contributed by atoms with van der Waals surface area (Å²) in [6.45, 7) is 0.305. The minimum atomic E-state index is -0.465. The largest absolute Gasteiger partial charge is 0.331 e. The van der Waals surface area contributed by atoms with Gasteiger partial charge in [-0.05, 0) is 24.3 Å². The average molecular weight is 301 g/mol. The van der Waals surface area contributed by atoms with Crippen LogP contribution < -0.4 is 10.6 Å². The van der Waals surface area contributed by atoms with Gasteiger partial charge in [0.2, 0.25) is 0 Å². The van der Waals surface area contributed by atoms with E-state index in [2.05, 4.69) is 15.6 Å². The number of nitrogens with zero attached hydrogens (tertiary/aromatic N) is 1. The van der Waals surface area contributed by atoms with E-state index in [0.29, 0.717) is 6.54 Å². The van der Waals surface area contributed by atoms with Crippen molar-refractivity contribution in [1.29, 1.82) is 0 Å². The molecule has 2 N–H and O–H groups in total. The highest BCUT2D eigenvalue weighted by Crippen LogP contribution is 2.21. The van der Waals surface area contributed by atoms with E-state index in [0.717, 1.165) is 15.2 Å². The molecule has 3 aromatic rings. The number of hydrogen-bond acceptors (Lipinski definition) is 3. The number of carbonyl (C=O) groups is 1. The van der Waals surface area contributed by atoms with E-state index in [-0.39, 0.29) is 5.69 Å². The third-order valence-electron chi connectivity index (χ3n) is 2.86. The summed E-state index contributed by atoms with van der Waals surface area (Å²) in [5.41, 5.74) is 1.06. The second kappa shape index (κ2) is 5.88. The molecular weight excluding hydrogens is 289 g/mol. The molecule has 4 nitrogen and oxygen atoms in total. The van der Waals surface area contributed by atoms with Gasteiger partial charge >= 0.3 is 6.03 Å². The van der Waals surface area contributed by atoms with Gasteiger partial charge in [0.25, 0.3) is 0 Å². The molecular formula is C15H12FN3OS. The van der Waals surface area contributed by atoms with Gasteiger partial charge in [-0.2, -0.15) is 0 Å². The highest BCUT2D eigenvalue weighted by Gasteiger charge is 2.07. The maximum Gasteiger partial charge on any atom is 0.319 e. The maximum absolute atomic E-state index is 13.4. The van der Waals surface area contributed by atoms with Crippen molar-refractivity contribution in [3.63, 3.8) is 0 Å². The van der Waals surface area contributed by atoms with Gasteiger partial charge in [0, 0.05) is 0 Å². The van der Waals surface area contributed by atoms with Gasteiger partial charge in [0.1, 0.15) is 10.8 Å². The number of para-hydroxylation sites is 2. The van der Waals surface area contributed by atoms with Crippen LogP contribution in [-0.4, -0.2) is 11.0 Å². The van der Waals surface area contributed by atoms with Crippen molar-refractivity contribution in [3.8, 4) is 0 Å².